The van der Waals surface area contributed by atoms with Crippen LogP contribution in [0.15, 0.2) is 60.9 Å². The molecule has 170 valence electrons. The maximum absolute atomic E-state index is 12.4. The van der Waals surface area contributed by atoms with Gasteiger partial charge in [-0.2, -0.15) is 0 Å². The highest BCUT2D eigenvalue weighted by Gasteiger charge is 2.53. The average Bonchev–Trinajstić information content (AvgIpc) is 3.42. The molecule has 34 heavy (non-hydrogen) atoms. The Morgan fingerprint density at radius 1 is 1.12 bits per heavy atom. The van der Waals surface area contributed by atoms with Crippen LogP contribution in [0, 0.1) is 11.8 Å². The van der Waals surface area contributed by atoms with Gasteiger partial charge in [0.15, 0.2) is 0 Å². The Morgan fingerprint density at radius 2 is 1.88 bits per heavy atom. The highest BCUT2D eigenvalue weighted by Crippen LogP contribution is 2.52. The van der Waals surface area contributed by atoms with Gasteiger partial charge in [0.25, 0.3) is 0 Å². The van der Waals surface area contributed by atoms with Crippen molar-refractivity contribution in [3.8, 4) is 11.8 Å². The van der Waals surface area contributed by atoms with Crippen LogP contribution in [0.3, 0.4) is 0 Å². The predicted octanol–water partition coefficient (Wildman–Crippen LogP) is 6.18. The smallest absolute Gasteiger partial charge is 0.412 e. The zero-order valence-corrected chi connectivity index (χ0v) is 19.8. The summed E-state index contributed by atoms with van der Waals surface area (Å²) in [5, 5.41) is 12.3. The average molecular weight is 489 g/mol. The van der Waals surface area contributed by atoms with Crippen LogP contribution in [-0.4, -0.2) is 22.2 Å². The molecule has 1 atom stereocenters. The summed E-state index contributed by atoms with van der Waals surface area (Å²) < 4.78 is 7.57. The number of aromatic nitrogens is 1. The number of benzene rings is 1. The number of anilines is 1. The predicted molar refractivity (Wildman–Crippen MR) is 133 cm³/mol. The molecular formula is C26H20N2O4S2. The van der Waals surface area contributed by atoms with E-state index < -0.39 is 23.6 Å². The van der Waals surface area contributed by atoms with E-state index in [1.54, 1.807) is 18.5 Å². The summed E-state index contributed by atoms with van der Waals surface area (Å²) in [5.41, 5.74) is 1.32. The number of nitrogens with one attached hydrogen (secondary N) is 1. The minimum Gasteiger partial charge on any atom is -0.481 e. The number of fused-ring (bicyclic) bond motifs is 1. The lowest BCUT2D eigenvalue weighted by Gasteiger charge is -2.14. The van der Waals surface area contributed by atoms with Gasteiger partial charge in [-0.25, -0.2) is 4.79 Å². The molecule has 1 saturated carbocycles. The van der Waals surface area contributed by atoms with Crippen LogP contribution in [0.25, 0.3) is 9.40 Å². The molecule has 1 fully saturated rings. The Labute approximate surface area is 204 Å². The fraction of sp³-hybridized carbons (Fsp3) is 0.192. The Morgan fingerprint density at radius 3 is 2.59 bits per heavy atom. The molecule has 0 saturated heterocycles. The zero-order valence-electron chi connectivity index (χ0n) is 18.2. The van der Waals surface area contributed by atoms with Crippen molar-refractivity contribution in [3.63, 3.8) is 0 Å². The van der Waals surface area contributed by atoms with Gasteiger partial charge in [-0.15, -0.1) is 22.7 Å². The molecule has 1 aromatic carbocycles. The fourth-order valence-corrected chi connectivity index (χ4v) is 6.14. The first-order valence-corrected chi connectivity index (χ1v) is 12.3. The molecule has 0 spiro atoms. The Bertz CT molecular complexity index is 1410. The fourth-order valence-electron chi connectivity index (χ4n) is 3.65. The molecule has 2 N–H and O–H groups in total. The second-order valence-electron chi connectivity index (χ2n) is 8.09. The number of hydrogen-bond donors (Lipinski definition) is 2. The van der Waals surface area contributed by atoms with Crippen LogP contribution in [0.2, 0.25) is 0 Å². The lowest BCUT2D eigenvalue weighted by molar-refractivity contribution is -0.139. The number of amides is 1. The number of carboxylic acids is 1. The van der Waals surface area contributed by atoms with Gasteiger partial charge < -0.3 is 9.84 Å². The molecule has 3 heterocycles. The molecule has 5 rings (SSSR count). The van der Waals surface area contributed by atoms with Gasteiger partial charge in [0.05, 0.1) is 16.1 Å². The van der Waals surface area contributed by atoms with E-state index in [4.69, 9.17) is 4.74 Å². The number of ether oxygens (including phenoxy) is 1. The molecule has 0 aliphatic heterocycles. The van der Waals surface area contributed by atoms with Crippen molar-refractivity contribution in [2.75, 3.05) is 5.32 Å². The van der Waals surface area contributed by atoms with Crippen molar-refractivity contribution in [2.45, 2.75) is 31.3 Å². The number of rotatable bonds is 5. The first-order valence-electron chi connectivity index (χ1n) is 10.7. The molecule has 0 unspecified atom stereocenters. The van der Waals surface area contributed by atoms with E-state index >= 15 is 0 Å². The SMILES string of the molecule is C[C@@H](OC(=O)Nc1ccncc1C#Cc1cc2sc(C3(C(=O)O)CC3)cc2s1)c1ccccc1. The normalized spacial score (nSPS) is 14.6. The molecule has 4 aromatic rings. The lowest BCUT2D eigenvalue weighted by Crippen LogP contribution is -2.17. The van der Waals surface area contributed by atoms with Gasteiger partial charge in [-0.1, -0.05) is 42.2 Å². The summed E-state index contributed by atoms with van der Waals surface area (Å²) in [6.45, 7) is 1.82. The minimum absolute atomic E-state index is 0.391. The van der Waals surface area contributed by atoms with Gasteiger partial charge >= 0.3 is 12.1 Å². The summed E-state index contributed by atoms with van der Waals surface area (Å²) >= 11 is 3.06. The van der Waals surface area contributed by atoms with Crippen molar-refractivity contribution in [2.24, 2.45) is 0 Å². The topological polar surface area (TPSA) is 88.5 Å². The number of carbonyl (C=O) groups is 2. The van der Waals surface area contributed by atoms with Crippen LogP contribution < -0.4 is 5.32 Å². The lowest BCUT2D eigenvalue weighted by atomic mass is 10.1. The summed E-state index contributed by atoms with van der Waals surface area (Å²) in [5.74, 6) is 5.48. The molecule has 1 aliphatic carbocycles. The largest absolute Gasteiger partial charge is 0.481 e. The van der Waals surface area contributed by atoms with Crippen molar-refractivity contribution >= 4 is 49.8 Å². The third-order valence-electron chi connectivity index (χ3n) is 5.77. The van der Waals surface area contributed by atoms with Crippen molar-refractivity contribution < 1.29 is 19.4 Å². The highest BCUT2D eigenvalue weighted by molar-refractivity contribution is 7.28. The second kappa shape index (κ2) is 8.93. The number of nitrogens with zero attached hydrogens (tertiary/aromatic N) is 1. The first kappa shape index (κ1) is 22.1. The van der Waals surface area contributed by atoms with Gasteiger partial charge in [0, 0.05) is 26.7 Å². The molecule has 6 nitrogen and oxygen atoms in total. The second-order valence-corrected chi connectivity index (χ2v) is 10.3. The summed E-state index contributed by atoms with van der Waals surface area (Å²) in [6, 6.07) is 15.2. The van der Waals surface area contributed by atoms with E-state index in [-0.39, 0.29) is 0 Å². The zero-order chi connectivity index (χ0) is 23.7. The Kier molecular flexibility index (Phi) is 5.82. The Hall–Kier alpha value is -3.67. The maximum Gasteiger partial charge on any atom is 0.412 e. The van der Waals surface area contributed by atoms with Crippen LogP contribution in [0.4, 0.5) is 10.5 Å². The number of aliphatic carboxylic acids is 1. The maximum atomic E-state index is 12.4. The van der Waals surface area contributed by atoms with E-state index in [1.807, 2.05) is 49.4 Å². The summed E-state index contributed by atoms with van der Waals surface area (Å²) in [7, 11) is 0. The number of hydrogen-bond acceptors (Lipinski definition) is 6. The van der Waals surface area contributed by atoms with Gasteiger partial charge in [-0.3, -0.25) is 15.1 Å². The standard InChI is InChI=1S/C26H20N2O4S2/c1-16(17-5-3-2-4-6-17)32-25(31)28-20-9-12-27-15-18(20)7-8-19-13-21-22(33-19)14-23(34-21)26(10-11-26)24(29)30/h2-6,9,12-16H,10-11H2,1H3,(H,29,30)(H,27,28,31)/t16-/m1/s1. The van der Waals surface area contributed by atoms with Crippen molar-refractivity contribution in [1.29, 1.82) is 0 Å². The monoisotopic (exact) mass is 488 g/mol. The molecule has 3 aromatic heterocycles. The molecule has 1 aliphatic rings. The van der Waals surface area contributed by atoms with E-state index in [9.17, 15) is 14.7 Å². The molecule has 0 radical (unpaired) electrons. The van der Waals surface area contributed by atoms with Gasteiger partial charge in [-0.05, 0) is 43.5 Å². The number of thiophene rings is 2. The Balaban J connectivity index is 1.30. The minimum atomic E-state index is -0.741. The van der Waals surface area contributed by atoms with Crippen molar-refractivity contribution in [1.82, 2.24) is 4.98 Å². The molecular weight excluding hydrogens is 468 g/mol. The van der Waals surface area contributed by atoms with E-state index in [0.717, 1.165) is 24.7 Å². The number of pyridine rings is 1. The van der Waals surface area contributed by atoms with Crippen molar-refractivity contribution in [3.05, 3.63) is 81.8 Å². The molecule has 0 bridgehead atoms. The van der Waals surface area contributed by atoms with E-state index in [0.29, 0.717) is 24.1 Å². The van der Waals surface area contributed by atoms with Crippen LogP contribution in [0.1, 0.15) is 46.8 Å². The molecule has 1 amide bonds. The number of carboxylic acid groups (broad SMARTS) is 1. The van der Waals surface area contributed by atoms with E-state index in [1.165, 1.54) is 22.7 Å². The van der Waals surface area contributed by atoms with Crippen LogP contribution in [-0.2, 0) is 14.9 Å². The van der Waals surface area contributed by atoms with E-state index in [2.05, 4.69) is 22.1 Å². The third-order valence-corrected chi connectivity index (χ3v) is 8.18. The summed E-state index contributed by atoms with van der Waals surface area (Å²) in [6.07, 6.45) is 3.62. The highest BCUT2D eigenvalue weighted by atomic mass is 32.1. The molecule has 8 heteroatoms. The third kappa shape index (κ3) is 4.40. The summed E-state index contributed by atoms with van der Waals surface area (Å²) in [4.78, 5) is 29.9. The number of carbonyl (C=O) groups excluding carboxylic acids is 1. The van der Waals surface area contributed by atoms with Gasteiger partial charge in [0.1, 0.15) is 11.5 Å². The van der Waals surface area contributed by atoms with Gasteiger partial charge in [0.2, 0.25) is 0 Å². The quantitative estimate of drug-likeness (QED) is 0.327. The van der Waals surface area contributed by atoms with Crippen LogP contribution in [0.5, 0.6) is 0 Å². The van der Waals surface area contributed by atoms with Crippen LogP contribution >= 0.6 is 22.7 Å². The first-order chi connectivity index (χ1) is 16.4.